The quantitative estimate of drug-likeness (QED) is 0.0193. The average Bonchev–Trinajstić information content (AvgIpc) is 0.829. The number of fused-ring (bicyclic) bond motifs is 5. The van der Waals surface area contributed by atoms with E-state index in [1.807, 2.05) is 12.1 Å². The van der Waals surface area contributed by atoms with Crippen LogP contribution in [-0.4, -0.2) is 157 Å². The number of para-hydroxylation sites is 3. The Balaban J connectivity index is 0.000000145. The molecule has 8 heterocycles. The van der Waals surface area contributed by atoms with Crippen LogP contribution in [-0.2, 0) is 0 Å². The van der Waals surface area contributed by atoms with Gasteiger partial charge in [-0.15, -0.1) is 20.4 Å². The summed E-state index contributed by atoms with van der Waals surface area (Å²) in [7, 11) is 0. The van der Waals surface area contributed by atoms with E-state index in [9.17, 15) is 39.6 Å². The van der Waals surface area contributed by atoms with Gasteiger partial charge in [0, 0.05) is 72.8 Å². The first kappa shape index (κ1) is 82.3. The minimum absolute atomic E-state index is 0.0694. The van der Waals surface area contributed by atoms with Gasteiger partial charge in [0.15, 0.2) is 17.5 Å². The molecule has 15 rings (SSSR count). The molecule has 0 spiro atoms. The number of carbonyl (C=O) groups is 5. The maximum Gasteiger partial charge on any atom is 0.347 e. The monoisotopic (exact) mass is 1640 g/mol. The van der Waals surface area contributed by atoms with E-state index in [4.69, 9.17) is 61.3 Å². The van der Waals surface area contributed by atoms with Crippen LogP contribution in [0.25, 0.3) is 55.5 Å². The van der Waals surface area contributed by atoms with Gasteiger partial charge in [-0.1, -0.05) is 57.4 Å². The van der Waals surface area contributed by atoms with E-state index in [-0.39, 0.29) is 46.8 Å². The van der Waals surface area contributed by atoms with Gasteiger partial charge in [-0.05, 0) is 127 Å². The van der Waals surface area contributed by atoms with Crippen LogP contribution >= 0.6 is 23.2 Å². The lowest BCUT2D eigenvalue weighted by atomic mass is 10.2. The molecular formula is C70H64Cl2N36O10. The van der Waals surface area contributed by atoms with Gasteiger partial charge in [-0.2, -0.15) is 4.99 Å². The Morgan fingerprint density at radius 2 is 0.966 bits per heavy atom. The Kier molecular flexibility index (Phi) is 28.3. The van der Waals surface area contributed by atoms with Gasteiger partial charge in [-0.3, -0.25) is 41.5 Å². The fourth-order valence-electron chi connectivity index (χ4n) is 9.63. The van der Waals surface area contributed by atoms with Crippen molar-refractivity contribution in [3.8, 4) is 22.9 Å². The number of carbonyl (C=O) groups excluding carboxylic acids is 5. The van der Waals surface area contributed by atoms with E-state index < -0.39 is 30.2 Å². The molecule has 0 bridgehead atoms. The minimum atomic E-state index is -0.647. The fourth-order valence-corrected chi connectivity index (χ4v) is 9.96. The summed E-state index contributed by atoms with van der Waals surface area (Å²) >= 11 is 12.2. The van der Waals surface area contributed by atoms with Crippen LogP contribution in [0.2, 0.25) is 10.0 Å². The van der Waals surface area contributed by atoms with Crippen LogP contribution in [0.3, 0.4) is 0 Å². The molecule has 0 saturated heterocycles. The number of halogens is 2. The SMILES string of the molecule is NCCCOc1ccc(Cl)c(NC(=O)Nc2nc3ccccc3[n+]([O-])n2)c1.NCCCOc1ccc(Cl)c(NC(=O)Nc2nnc3ccccc3n2)c1.Nc1nc2cc(NC(=O)Nc3cnccn3)ccc2[n+]([O-])n1.Nc1nc2ccc(=NC(=O)Nc3cnccn3)cc-2n(O)n1.Nc1nnc2cc(NC(=O)Nc3cnccn3)ccc2n1. The predicted octanol–water partition coefficient (Wildman–Crippen LogP) is 6.78. The van der Waals surface area contributed by atoms with Crippen LogP contribution in [0.1, 0.15) is 12.8 Å². The Morgan fingerprint density at radius 1 is 0.458 bits per heavy atom. The molecule has 1 aliphatic heterocycles. The van der Waals surface area contributed by atoms with E-state index in [2.05, 4.69) is 143 Å². The summed E-state index contributed by atoms with van der Waals surface area (Å²) in [6.07, 6.45) is 14.6. The van der Waals surface area contributed by atoms with Crippen molar-refractivity contribution in [1.82, 2.24) is 95.4 Å². The molecule has 13 aromatic rings. The van der Waals surface area contributed by atoms with E-state index >= 15 is 0 Å². The normalized spacial score (nSPS) is 10.7. The lowest BCUT2D eigenvalue weighted by molar-refractivity contribution is -0.641. The molecule has 0 saturated carbocycles. The van der Waals surface area contributed by atoms with Gasteiger partial charge in [0.1, 0.15) is 39.3 Å². The van der Waals surface area contributed by atoms with Crippen LogP contribution < -0.4 is 101 Å². The zero-order valence-electron chi connectivity index (χ0n) is 60.8. The number of hydrogen-bond donors (Lipinski definition) is 15. The lowest BCUT2D eigenvalue weighted by Crippen LogP contribution is -2.34. The van der Waals surface area contributed by atoms with Crippen molar-refractivity contribution >= 4 is 167 Å². The first-order valence-electron chi connectivity index (χ1n) is 34.3. The number of nitrogens with two attached hydrogens (primary N) is 5. The Bertz CT molecular complexity index is 6090. The number of nitrogen functional groups attached to an aromatic ring is 3. The predicted molar refractivity (Wildman–Crippen MR) is 431 cm³/mol. The first-order valence-corrected chi connectivity index (χ1v) is 35.0. The molecule has 6 aromatic carbocycles. The molecule has 10 amide bonds. The van der Waals surface area contributed by atoms with Crippen molar-refractivity contribution in [2.75, 3.05) is 91.4 Å². The van der Waals surface area contributed by atoms with Gasteiger partial charge in [-0.25, -0.2) is 63.8 Å². The second-order valence-corrected chi connectivity index (χ2v) is 24.1. The summed E-state index contributed by atoms with van der Waals surface area (Å²) in [4.78, 5) is 109. The highest BCUT2D eigenvalue weighted by Crippen LogP contribution is 2.29. The summed E-state index contributed by atoms with van der Waals surface area (Å²) in [6, 6.07) is 35.2. The largest absolute Gasteiger partial charge is 0.594 e. The number of urea groups is 5. The summed E-state index contributed by atoms with van der Waals surface area (Å²) in [6.45, 7) is 2.01. The average molecular weight is 1640 g/mol. The van der Waals surface area contributed by atoms with E-state index in [1.54, 1.807) is 109 Å². The molecule has 46 nitrogen and oxygen atoms in total. The molecule has 7 aromatic heterocycles. The zero-order chi connectivity index (χ0) is 83.3. The standard InChI is InChI=1S/C17H17ClN6O3.C17H17ClN6O2.2C12H10N8O2.C12H10N8O/c18-12-7-6-11(27-9-3-8-19)10-14(12)21-17(25)22-16-20-13-4-1-2-5-15(13)24(26)23-16;18-12-7-6-11(26-9-3-8-19)10-15(12)21-17(25)22-16-20-13-4-1-2-5-14(13)23-24-16;13-11-17-8-5-7(1-2-9(8)20(22)19-11)16-12(21)18-10-6-14-3-4-15-10;13-11-17-8-2-1-7(5-9(8)20(22)19-11)16-12(21)18-10-6-14-3-4-15-10;13-11-17-8-2-1-7(5-9(8)19-20-11)16-12(21)18-10-6-14-3-4-15-10/h1-2,4-7,10H,3,8-9,19H2,(H2,20,21,22,23,25);1-2,4-7,10H,3,8-9,19H2,(H2,20,21,22,24,25);1-6H,(H2,13,17,19)(H2,15,16,18,21);1-6,22H,(H2,13,19)(H,15,18,21);1-6H,(H2,13,17,20)(H2,15,16,18,21). The minimum Gasteiger partial charge on any atom is -0.594 e. The number of anilines is 12. The molecule has 0 unspecified atom stereocenters. The fraction of sp³-hybridized carbons (Fsp3) is 0.0857. The second-order valence-electron chi connectivity index (χ2n) is 23.3. The van der Waals surface area contributed by atoms with E-state index in [0.717, 1.165) is 6.42 Å². The van der Waals surface area contributed by atoms with Crippen LogP contribution in [0, 0.1) is 10.4 Å². The molecule has 0 fully saturated rings. The number of benzene rings is 7. The molecule has 1 aliphatic carbocycles. The number of rotatable bonds is 17. The van der Waals surface area contributed by atoms with Crippen LogP contribution in [0.4, 0.5) is 93.9 Å². The lowest BCUT2D eigenvalue weighted by Gasteiger charge is -2.11. The van der Waals surface area contributed by atoms with Crippen molar-refractivity contribution in [3.63, 3.8) is 0 Å². The molecule has 118 heavy (non-hydrogen) atoms. The molecule has 598 valence electrons. The highest BCUT2D eigenvalue weighted by molar-refractivity contribution is 6.34. The Labute approximate surface area is 672 Å². The van der Waals surface area contributed by atoms with Crippen molar-refractivity contribution in [2.24, 2.45) is 16.5 Å². The third-order valence-corrected chi connectivity index (χ3v) is 15.4. The number of aromatic nitrogens is 21. The van der Waals surface area contributed by atoms with Crippen molar-refractivity contribution in [3.05, 3.63) is 221 Å². The van der Waals surface area contributed by atoms with Gasteiger partial charge in [0.2, 0.25) is 11.9 Å². The van der Waals surface area contributed by atoms with Crippen molar-refractivity contribution < 1.29 is 48.3 Å². The van der Waals surface area contributed by atoms with E-state index in [0.29, 0.717) is 153 Å². The molecule has 48 heteroatoms. The van der Waals surface area contributed by atoms with Crippen LogP contribution in [0.15, 0.2) is 200 Å². The van der Waals surface area contributed by atoms with Crippen molar-refractivity contribution in [1.29, 1.82) is 0 Å². The summed E-state index contributed by atoms with van der Waals surface area (Å²) in [5.74, 6) is 1.91. The molecule has 20 N–H and O–H groups in total. The summed E-state index contributed by atoms with van der Waals surface area (Å²) in [5.41, 5.74) is 33.3. The third-order valence-electron chi connectivity index (χ3n) is 14.8. The molecular weight excluding hydrogens is 1580 g/mol. The number of ether oxygens (including phenoxy) is 2. The second kappa shape index (κ2) is 40.5. The summed E-state index contributed by atoms with van der Waals surface area (Å²) in [5, 5.41) is 83.2. The first-order chi connectivity index (χ1) is 57.1. The van der Waals surface area contributed by atoms with Gasteiger partial charge >= 0.3 is 30.2 Å². The molecule has 0 atom stereocenters. The maximum absolute atomic E-state index is 12.2. The van der Waals surface area contributed by atoms with Crippen LogP contribution in [0.5, 0.6) is 11.5 Å². The number of hydrogen-bond acceptors (Lipinski definition) is 33. The van der Waals surface area contributed by atoms with E-state index in [1.165, 1.54) is 74.0 Å². The Morgan fingerprint density at radius 3 is 1.57 bits per heavy atom. The zero-order valence-corrected chi connectivity index (χ0v) is 62.3. The number of nitrogens with one attached hydrogen (secondary N) is 9. The highest BCUT2D eigenvalue weighted by Gasteiger charge is 2.18. The topological polar surface area (TPSA) is 666 Å². The number of nitrogens with zero attached hydrogens (tertiary/aromatic N) is 22. The molecule has 0 radical (unpaired) electrons. The van der Waals surface area contributed by atoms with Gasteiger partial charge in [0.05, 0.1) is 85.5 Å². The summed E-state index contributed by atoms with van der Waals surface area (Å²) < 4.78 is 11.1. The van der Waals surface area contributed by atoms with Gasteiger partial charge < -0.3 is 75.0 Å². The molecule has 2 aliphatic rings. The van der Waals surface area contributed by atoms with Crippen molar-refractivity contribution in [2.45, 2.75) is 12.8 Å². The number of amides is 10. The smallest absolute Gasteiger partial charge is 0.347 e. The Hall–Kier alpha value is -16.6. The third kappa shape index (κ3) is 24.4. The van der Waals surface area contributed by atoms with Gasteiger partial charge in [0.25, 0.3) is 28.9 Å². The maximum atomic E-state index is 12.2. The highest BCUT2D eigenvalue weighted by atomic mass is 35.5.